The van der Waals surface area contributed by atoms with E-state index in [0.717, 1.165) is 0 Å². The summed E-state index contributed by atoms with van der Waals surface area (Å²) < 4.78 is 0. The van der Waals surface area contributed by atoms with Gasteiger partial charge in [0.2, 0.25) is 0 Å². The minimum Gasteiger partial charge on any atom is -0.0988 e. The van der Waals surface area contributed by atoms with Crippen LogP contribution in [0.4, 0.5) is 0 Å². The first-order chi connectivity index (χ1) is 44.4. The second kappa shape index (κ2) is 119. The van der Waals surface area contributed by atoms with Crippen molar-refractivity contribution in [2.45, 2.75) is 0 Å². The third-order valence-electron chi connectivity index (χ3n) is 2.39. The molecule has 89 heteroatoms. The Morgan fingerprint density at radius 2 is 0.0899 bits per heavy atom. The predicted octanol–water partition coefficient (Wildman–Crippen LogP) is 57.2. The number of rotatable bonds is 86. The van der Waals surface area contributed by atoms with Crippen LogP contribution in [-0.2, 0) is 0 Å². The topological polar surface area (TPSA) is 0 Å². The van der Waals surface area contributed by atoms with Crippen molar-refractivity contribution in [3.8, 4) is 0 Å². The Labute approximate surface area is 853 Å². The lowest BCUT2D eigenvalue weighted by Crippen LogP contribution is -1.35. The summed E-state index contributed by atoms with van der Waals surface area (Å²) in [5.41, 5.74) is 0. The summed E-state index contributed by atoms with van der Waals surface area (Å²) in [7, 11) is 158. The van der Waals surface area contributed by atoms with Crippen LogP contribution >= 0.6 is 878 Å². The Kier molecular flexibility index (Phi) is 161. The van der Waals surface area contributed by atoms with E-state index in [1.807, 2.05) is 737 Å². The predicted molar refractivity (Wildman–Crippen MR) is 678 cm³/mol. The van der Waals surface area contributed by atoms with Gasteiger partial charge in [0, 0.05) is 698 Å². The van der Waals surface area contributed by atoms with Crippen molar-refractivity contribution in [1.29, 1.82) is 0 Å². The summed E-state index contributed by atoms with van der Waals surface area (Å²) in [6, 6.07) is 0. The Morgan fingerprint density at radius 1 is 0.0562 bits per heavy atom. The maximum atomic E-state index is 4.10. The highest BCUT2D eigenvalue weighted by Crippen LogP contribution is 2.73. The van der Waals surface area contributed by atoms with E-state index in [1.165, 1.54) is 19.7 Å². The van der Waals surface area contributed by atoms with Gasteiger partial charge < -0.3 is 0 Å². The summed E-state index contributed by atoms with van der Waals surface area (Å²) in [6.07, 6.45) is 0. The molecule has 0 atom stereocenters. The van der Waals surface area contributed by atoms with E-state index >= 15 is 0 Å². The Balaban J connectivity index is 3.08. The molecule has 0 nitrogen and oxygen atoms in total. The summed E-state index contributed by atoms with van der Waals surface area (Å²) in [5.74, 6) is 0. The fourth-order valence-corrected chi connectivity index (χ4v) is 235. The van der Waals surface area contributed by atoms with Gasteiger partial charge in [-0.3, -0.25) is 0 Å². The lowest BCUT2D eigenvalue weighted by Gasteiger charge is -2.00. The van der Waals surface area contributed by atoms with Crippen LogP contribution in [0.3, 0.4) is 0 Å². The van der Waals surface area contributed by atoms with Gasteiger partial charge in [0.25, 0.3) is 0 Å². The fraction of sp³-hybridized carbons (Fsp3) is 0. The van der Waals surface area contributed by atoms with E-state index in [4.69, 9.17) is 0 Å². The average molecular weight is 2860 g/mol. The van der Waals surface area contributed by atoms with Gasteiger partial charge >= 0.3 is 0 Å². The largest absolute Gasteiger partial charge is 0.0988 e. The van der Waals surface area contributed by atoms with E-state index in [2.05, 4.69) is 23.3 Å². The van der Waals surface area contributed by atoms with E-state index in [-0.39, 0.29) is 0 Å². The third kappa shape index (κ3) is 119. The van der Waals surface area contributed by atoms with Crippen LogP contribution in [0, 0.1) is 0 Å². The lowest BCUT2D eigenvalue weighted by molar-refractivity contribution is 5.59. The molecule has 0 fully saturated rings. The second-order valence-corrected chi connectivity index (χ2v) is 160. The van der Waals surface area contributed by atoms with Crippen LogP contribution in [0.25, 0.3) is 0 Å². The molecule has 536 valence electrons. The molecule has 0 aromatic carbocycles. The zero-order valence-electron chi connectivity index (χ0n) is 36.4. The molecule has 0 N–H and O–H groups in total. The molecule has 0 unspecified atom stereocenters. The standard InChI is InChI=1S/H2S89/c1-3-5-7-9-11-13-15-17-19-21-23-25-27-29-31-33-35-37-39-41-43-45-47-49-51-53-55-57-59-61-63-65-67-69-71-73-75-77-79-81-83-85-87-89-88-86-84-82-80-78-76-74-72-70-68-66-64-62-60-58-56-54-52-50-48-46-44-42-40-38-36-34-32-30-28-26-24-22-20-18-16-14-12-10-8-6-4-2/h1-2H. The molecule has 0 aromatic heterocycles. The highest BCUT2D eigenvalue weighted by atomic mass is 34.1. The van der Waals surface area contributed by atoms with Crippen LogP contribution in [0.2, 0.25) is 0 Å². The van der Waals surface area contributed by atoms with Crippen LogP contribution in [0.1, 0.15) is 0 Å². The van der Waals surface area contributed by atoms with Crippen molar-refractivity contribution >= 4 is 878 Å². The molecule has 0 aliphatic heterocycles. The molecule has 89 heavy (non-hydrogen) atoms. The highest BCUT2D eigenvalue weighted by Gasteiger charge is 2.08. The SMILES string of the molecule is SSSSSSSSSSSSSSSSSSSSSSSSSSSSSSSSSSSSSSSSSSSSSSSSSSSSSSSSSSSSSSSSSSSSSSSSSSSSSSSSSSSSSSSSS. The van der Waals surface area contributed by atoms with Crippen molar-refractivity contribution in [3.05, 3.63) is 0 Å². The maximum absolute atomic E-state index is 4.10. The summed E-state index contributed by atoms with van der Waals surface area (Å²) in [4.78, 5) is 0. The first-order valence-corrected chi connectivity index (χ1v) is 132. The van der Waals surface area contributed by atoms with Gasteiger partial charge in [0.05, 0.1) is 0 Å². The lowest BCUT2D eigenvalue weighted by atomic mass is 30.1. The van der Waals surface area contributed by atoms with Crippen molar-refractivity contribution in [3.63, 3.8) is 0 Å². The number of thiol groups is 2. The number of hydrogen-bond donors (Lipinski definition) is 2. The van der Waals surface area contributed by atoms with Gasteiger partial charge in [-0.05, 0) is 157 Å². The molecule has 0 aliphatic carbocycles. The van der Waals surface area contributed by atoms with Crippen LogP contribution in [-0.4, -0.2) is 0 Å². The zero-order chi connectivity index (χ0) is 63.5. The van der Waals surface area contributed by atoms with Gasteiger partial charge in [-0.25, -0.2) is 0 Å². The van der Waals surface area contributed by atoms with Crippen molar-refractivity contribution in [1.82, 2.24) is 0 Å². The molecular weight excluding hydrogens is 2850 g/mol. The molecule has 0 rings (SSSR count). The molecular formula is H2S89. The maximum Gasteiger partial charge on any atom is 0 e. The minimum atomic E-state index is 1.49. The summed E-state index contributed by atoms with van der Waals surface area (Å²) in [6.45, 7) is 0. The van der Waals surface area contributed by atoms with E-state index in [1.54, 1.807) is 98.3 Å². The molecule has 0 saturated carbocycles. The smallest absolute Gasteiger partial charge is 0 e. The number of hydrogen-bond acceptors (Lipinski definition) is 89. The molecule has 0 bridgehead atoms. The summed E-state index contributed by atoms with van der Waals surface area (Å²) >= 11 is 8.20. The zero-order valence-corrected chi connectivity index (χ0v) is 109. The van der Waals surface area contributed by atoms with E-state index in [0.29, 0.717) is 0 Å². The second-order valence-electron chi connectivity index (χ2n) is 5.93. The Morgan fingerprint density at radius 3 is 0.124 bits per heavy atom. The highest BCUT2D eigenvalue weighted by molar-refractivity contribution is 9.67. The average Bonchev–Trinajstić information content (AvgIpc) is 3.54. The van der Waals surface area contributed by atoms with Crippen molar-refractivity contribution < 1.29 is 0 Å². The van der Waals surface area contributed by atoms with E-state index < -0.39 is 0 Å². The summed E-state index contributed by atoms with van der Waals surface area (Å²) in [5, 5.41) is 0. The Bertz CT molecular complexity index is 1040. The molecule has 0 spiro atoms. The van der Waals surface area contributed by atoms with E-state index in [9.17, 15) is 0 Å². The third-order valence-corrected chi connectivity index (χ3v) is 194. The monoisotopic (exact) mass is 2850 g/mol. The normalized spacial score (nSPS) is 11.8. The molecule has 0 radical (unpaired) electrons. The first-order valence-electron chi connectivity index (χ1n) is 14.7. The molecule has 0 saturated heterocycles. The van der Waals surface area contributed by atoms with Gasteiger partial charge in [-0.2, -0.15) is 0 Å². The molecule has 0 amide bonds. The molecule has 0 aromatic rings. The minimum absolute atomic E-state index is 1.49. The van der Waals surface area contributed by atoms with Gasteiger partial charge in [-0.1, -0.05) is 23.3 Å². The van der Waals surface area contributed by atoms with Gasteiger partial charge in [0.15, 0.2) is 0 Å². The molecule has 0 aliphatic rings. The van der Waals surface area contributed by atoms with Crippen molar-refractivity contribution in [2.24, 2.45) is 0 Å². The fourth-order valence-electron chi connectivity index (χ4n) is 0.966. The van der Waals surface area contributed by atoms with Crippen LogP contribution in [0.15, 0.2) is 0 Å². The van der Waals surface area contributed by atoms with Gasteiger partial charge in [-0.15, -0.1) is 0 Å². The van der Waals surface area contributed by atoms with Crippen LogP contribution < -0.4 is 0 Å². The van der Waals surface area contributed by atoms with Gasteiger partial charge in [0.1, 0.15) is 0 Å². The first kappa shape index (κ1) is 120. The van der Waals surface area contributed by atoms with Crippen LogP contribution in [0.5, 0.6) is 0 Å². The Hall–Kier alpha value is 31.2. The molecule has 0 heterocycles. The quantitative estimate of drug-likeness (QED) is 0.0337. The van der Waals surface area contributed by atoms with Crippen molar-refractivity contribution in [2.75, 3.05) is 0 Å².